The molecule has 23 heavy (non-hydrogen) atoms. The molecular weight excluding hydrogens is 336 g/mol. The highest BCUT2D eigenvalue weighted by Crippen LogP contribution is 2.34. The molecule has 0 saturated heterocycles. The normalized spacial score (nSPS) is 10.6. The molecular formula is C14H18N4O3S2. The number of thioether (sulfide) groups is 1. The smallest absolute Gasteiger partial charge is 0.341 e. The number of aromatic amines is 1. The second-order valence-corrected chi connectivity index (χ2v) is 6.63. The van der Waals surface area contributed by atoms with Crippen LogP contribution in [0, 0.1) is 6.92 Å². The molecule has 0 aliphatic heterocycles. The standard InChI is InChI=1S/C14H18N4O3S2/c1-4-9-8(3)11(13(20)21-5-2)12(23-9)17-10(19)6-22-14-15-7-16-18-14/h7H,4-6H2,1-3H3,(H,17,19)(H,15,16,18). The molecule has 0 radical (unpaired) electrons. The van der Waals surface area contributed by atoms with E-state index in [4.69, 9.17) is 4.74 Å². The van der Waals surface area contributed by atoms with E-state index in [0.717, 1.165) is 16.9 Å². The van der Waals surface area contributed by atoms with Crippen LogP contribution in [-0.2, 0) is 16.0 Å². The first-order valence-corrected chi connectivity index (χ1v) is 8.94. The molecule has 0 aliphatic carbocycles. The molecule has 7 nitrogen and oxygen atoms in total. The SMILES string of the molecule is CCOC(=O)c1c(NC(=O)CSc2ncn[nH]2)sc(CC)c1C. The maximum atomic E-state index is 12.1. The van der Waals surface area contributed by atoms with Crippen LogP contribution in [0.5, 0.6) is 0 Å². The van der Waals surface area contributed by atoms with E-state index in [1.807, 2.05) is 13.8 Å². The molecule has 0 unspecified atom stereocenters. The summed E-state index contributed by atoms with van der Waals surface area (Å²) in [4.78, 5) is 29.3. The van der Waals surface area contributed by atoms with Crippen LogP contribution in [0.2, 0.25) is 0 Å². The predicted octanol–water partition coefficient (Wildman–Crippen LogP) is 2.64. The molecule has 0 aliphatic rings. The molecule has 0 aromatic carbocycles. The van der Waals surface area contributed by atoms with Crippen LogP contribution in [0.3, 0.4) is 0 Å². The van der Waals surface area contributed by atoms with Gasteiger partial charge in [0.25, 0.3) is 0 Å². The topological polar surface area (TPSA) is 97.0 Å². The molecule has 2 aromatic rings. The number of nitrogens with one attached hydrogen (secondary N) is 2. The Bertz CT molecular complexity index is 683. The van der Waals surface area contributed by atoms with Gasteiger partial charge in [-0.2, -0.15) is 5.10 Å². The van der Waals surface area contributed by atoms with Crippen molar-refractivity contribution in [2.75, 3.05) is 17.7 Å². The summed E-state index contributed by atoms with van der Waals surface area (Å²) in [5, 5.41) is 10.3. The van der Waals surface area contributed by atoms with Gasteiger partial charge in [-0.15, -0.1) is 11.3 Å². The maximum absolute atomic E-state index is 12.1. The van der Waals surface area contributed by atoms with Crippen LogP contribution in [0.25, 0.3) is 0 Å². The average Bonchev–Trinajstić information content (AvgIpc) is 3.13. The van der Waals surface area contributed by atoms with E-state index in [1.165, 1.54) is 29.4 Å². The van der Waals surface area contributed by atoms with Gasteiger partial charge in [0.2, 0.25) is 5.91 Å². The molecule has 2 rings (SSSR count). The fraction of sp³-hybridized carbons (Fsp3) is 0.429. The third-order valence-corrected chi connectivity index (χ3v) is 5.26. The number of ether oxygens (including phenoxy) is 1. The van der Waals surface area contributed by atoms with Crippen LogP contribution in [0.4, 0.5) is 5.00 Å². The minimum atomic E-state index is -0.404. The van der Waals surface area contributed by atoms with E-state index in [9.17, 15) is 9.59 Å². The number of nitrogens with zero attached hydrogens (tertiary/aromatic N) is 2. The quantitative estimate of drug-likeness (QED) is 0.586. The zero-order valence-electron chi connectivity index (χ0n) is 13.1. The predicted molar refractivity (Wildman–Crippen MR) is 90.1 cm³/mol. The fourth-order valence-electron chi connectivity index (χ4n) is 2.00. The highest BCUT2D eigenvalue weighted by molar-refractivity contribution is 7.99. The zero-order valence-corrected chi connectivity index (χ0v) is 14.8. The molecule has 2 N–H and O–H groups in total. The molecule has 124 valence electrons. The van der Waals surface area contributed by atoms with Gasteiger partial charge in [0, 0.05) is 4.88 Å². The fourth-order valence-corrected chi connectivity index (χ4v) is 3.72. The van der Waals surface area contributed by atoms with Gasteiger partial charge in [0.15, 0.2) is 5.16 Å². The summed E-state index contributed by atoms with van der Waals surface area (Å²) in [5.41, 5.74) is 1.32. The molecule has 0 saturated carbocycles. The van der Waals surface area contributed by atoms with E-state index < -0.39 is 5.97 Å². The van der Waals surface area contributed by atoms with Crippen molar-refractivity contribution < 1.29 is 14.3 Å². The summed E-state index contributed by atoms with van der Waals surface area (Å²) < 4.78 is 5.10. The first-order chi connectivity index (χ1) is 11.1. The summed E-state index contributed by atoms with van der Waals surface area (Å²) in [6, 6.07) is 0. The van der Waals surface area contributed by atoms with Gasteiger partial charge in [-0.05, 0) is 25.8 Å². The monoisotopic (exact) mass is 354 g/mol. The van der Waals surface area contributed by atoms with Crippen molar-refractivity contribution in [3.8, 4) is 0 Å². The summed E-state index contributed by atoms with van der Waals surface area (Å²) >= 11 is 2.66. The number of amides is 1. The first kappa shape index (κ1) is 17.5. The van der Waals surface area contributed by atoms with Crippen LogP contribution in [0.1, 0.15) is 34.6 Å². The van der Waals surface area contributed by atoms with Crippen LogP contribution >= 0.6 is 23.1 Å². The van der Waals surface area contributed by atoms with E-state index in [1.54, 1.807) is 6.92 Å². The first-order valence-electron chi connectivity index (χ1n) is 7.14. The molecule has 9 heteroatoms. The Morgan fingerprint density at radius 1 is 1.43 bits per heavy atom. The van der Waals surface area contributed by atoms with Crippen molar-refractivity contribution in [3.05, 3.63) is 22.3 Å². The van der Waals surface area contributed by atoms with Crippen molar-refractivity contribution in [3.63, 3.8) is 0 Å². The Hall–Kier alpha value is -1.87. The third-order valence-electron chi connectivity index (χ3n) is 3.03. The lowest BCUT2D eigenvalue weighted by atomic mass is 10.1. The van der Waals surface area contributed by atoms with Crippen LogP contribution in [-0.4, -0.2) is 39.4 Å². The van der Waals surface area contributed by atoms with Gasteiger partial charge in [-0.3, -0.25) is 9.89 Å². The van der Waals surface area contributed by atoms with Gasteiger partial charge in [-0.25, -0.2) is 9.78 Å². The van der Waals surface area contributed by atoms with Gasteiger partial charge >= 0.3 is 5.97 Å². The largest absolute Gasteiger partial charge is 0.462 e. The van der Waals surface area contributed by atoms with Gasteiger partial charge in [0.1, 0.15) is 11.3 Å². The van der Waals surface area contributed by atoms with E-state index in [2.05, 4.69) is 20.5 Å². The minimum absolute atomic E-state index is 0.176. The Morgan fingerprint density at radius 2 is 2.22 bits per heavy atom. The summed E-state index contributed by atoms with van der Waals surface area (Å²) in [6.45, 7) is 5.94. The number of carbonyl (C=O) groups excluding carboxylic acids is 2. The number of carbonyl (C=O) groups is 2. The molecule has 0 fully saturated rings. The molecule has 0 atom stereocenters. The second kappa shape index (κ2) is 8.11. The van der Waals surface area contributed by atoms with Gasteiger partial charge in [-0.1, -0.05) is 18.7 Å². The molecule has 0 spiro atoms. The summed E-state index contributed by atoms with van der Waals surface area (Å²) in [5.74, 6) is -0.435. The van der Waals surface area contributed by atoms with Crippen molar-refractivity contribution in [2.45, 2.75) is 32.3 Å². The Labute approximate surface area is 142 Å². The molecule has 0 bridgehead atoms. The van der Waals surface area contributed by atoms with E-state index in [0.29, 0.717) is 22.3 Å². The van der Waals surface area contributed by atoms with Crippen LogP contribution < -0.4 is 5.32 Å². The average molecular weight is 354 g/mol. The zero-order chi connectivity index (χ0) is 16.8. The number of rotatable bonds is 7. The van der Waals surface area contributed by atoms with Crippen molar-refractivity contribution in [2.24, 2.45) is 0 Å². The van der Waals surface area contributed by atoms with Crippen molar-refractivity contribution in [1.82, 2.24) is 15.2 Å². The number of aryl methyl sites for hydroxylation is 1. The van der Waals surface area contributed by atoms with E-state index in [-0.39, 0.29) is 11.7 Å². The number of H-pyrrole nitrogens is 1. The van der Waals surface area contributed by atoms with Crippen molar-refractivity contribution in [1.29, 1.82) is 0 Å². The lowest BCUT2D eigenvalue weighted by molar-refractivity contribution is -0.113. The molecule has 2 aromatic heterocycles. The highest BCUT2D eigenvalue weighted by atomic mass is 32.2. The number of anilines is 1. The molecule has 1 amide bonds. The summed E-state index contributed by atoms with van der Waals surface area (Å²) in [6.07, 6.45) is 2.18. The minimum Gasteiger partial charge on any atom is -0.462 e. The highest BCUT2D eigenvalue weighted by Gasteiger charge is 2.22. The van der Waals surface area contributed by atoms with Gasteiger partial charge in [0.05, 0.1) is 17.9 Å². The number of thiophene rings is 1. The Balaban J connectivity index is 2.11. The lowest BCUT2D eigenvalue weighted by Crippen LogP contribution is -2.16. The number of hydrogen-bond donors (Lipinski definition) is 2. The second-order valence-electron chi connectivity index (χ2n) is 4.56. The number of aromatic nitrogens is 3. The summed E-state index contributed by atoms with van der Waals surface area (Å²) in [7, 11) is 0. The van der Waals surface area contributed by atoms with E-state index >= 15 is 0 Å². The lowest BCUT2D eigenvalue weighted by Gasteiger charge is -2.06. The Morgan fingerprint density at radius 3 is 2.83 bits per heavy atom. The number of hydrogen-bond acceptors (Lipinski definition) is 7. The van der Waals surface area contributed by atoms with Gasteiger partial charge < -0.3 is 10.1 Å². The molecule has 2 heterocycles. The van der Waals surface area contributed by atoms with Crippen LogP contribution in [0.15, 0.2) is 11.5 Å². The van der Waals surface area contributed by atoms with Crippen molar-refractivity contribution >= 4 is 40.0 Å². The number of esters is 1. The maximum Gasteiger partial charge on any atom is 0.341 e. The Kier molecular flexibility index (Phi) is 6.17. The third kappa shape index (κ3) is 4.32.